The summed E-state index contributed by atoms with van der Waals surface area (Å²) in [6.07, 6.45) is 0. The summed E-state index contributed by atoms with van der Waals surface area (Å²) in [5.74, 6) is 0. The van der Waals surface area contributed by atoms with Crippen LogP contribution in [0.3, 0.4) is 0 Å². The minimum atomic E-state index is -0.0264. The van der Waals surface area contributed by atoms with Crippen molar-refractivity contribution in [3.63, 3.8) is 0 Å². The third kappa shape index (κ3) is 3.03. The van der Waals surface area contributed by atoms with Crippen molar-refractivity contribution in [3.05, 3.63) is 82.1 Å². The second-order valence-electron chi connectivity index (χ2n) is 5.22. The highest BCUT2D eigenvalue weighted by Crippen LogP contribution is 2.13. The van der Waals surface area contributed by atoms with E-state index in [2.05, 4.69) is 29.4 Å². The van der Waals surface area contributed by atoms with Crippen LogP contribution in [0.4, 0.5) is 0 Å². The first-order valence-electron chi connectivity index (χ1n) is 7.13. The molecule has 0 bridgehead atoms. The number of rotatable bonds is 4. The van der Waals surface area contributed by atoms with E-state index < -0.39 is 0 Å². The molecule has 3 rings (SSSR count). The van der Waals surface area contributed by atoms with E-state index in [1.54, 1.807) is 0 Å². The van der Waals surface area contributed by atoms with Crippen molar-refractivity contribution in [3.8, 4) is 0 Å². The summed E-state index contributed by atoms with van der Waals surface area (Å²) in [7, 11) is 0. The Hall–Kier alpha value is -2.39. The van der Waals surface area contributed by atoms with Crippen molar-refractivity contribution < 1.29 is 0 Å². The fourth-order valence-electron chi connectivity index (χ4n) is 2.45. The van der Waals surface area contributed by atoms with Crippen molar-refractivity contribution in [2.75, 3.05) is 0 Å². The Balaban J connectivity index is 1.79. The van der Waals surface area contributed by atoms with E-state index in [4.69, 9.17) is 0 Å². The topological polar surface area (TPSA) is 44.9 Å². The first-order chi connectivity index (χ1) is 10.2. The highest BCUT2D eigenvalue weighted by molar-refractivity contribution is 5.78. The lowest BCUT2D eigenvalue weighted by atomic mass is 10.1. The molecule has 1 heterocycles. The van der Waals surface area contributed by atoms with E-state index in [0.29, 0.717) is 6.54 Å². The number of para-hydroxylation sites is 1. The molecule has 1 aromatic heterocycles. The third-order valence-corrected chi connectivity index (χ3v) is 3.73. The van der Waals surface area contributed by atoms with Crippen LogP contribution in [-0.2, 0) is 6.54 Å². The molecule has 0 aliphatic heterocycles. The molecule has 1 atom stereocenters. The third-order valence-electron chi connectivity index (χ3n) is 3.73. The van der Waals surface area contributed by atoms with Gasteiger partial charge in [0.15, 0.2) is 0 Å². The average Bonchev–Trinajstić information content (AvgIpc) is 2.53. The van der Waals surface area contributed by atoms with Gasteiger partial charge in [-0.05, 0) is 30.0 Å². The van der Waals surface area contributed by atoms with E-state index in [1.165, 1.54) is 5.56 Å². The van der Waals surface area contributed by atoms with Gasteiger partial charge in [-0.1, -0.05) is 48.5 Å². The molecule has 3 heteroatoms. The van der Waals surface area contributed by atoms with Gasteiger partial charge in [0.1, 0.15) is 0 Å². The normalized spacial score (nSPS) is 12.4. The van der Waals surface area contributed by atoms with Crippen molar-refractivity contribution in [1.82, 2.24) is 10.3 Å². The Morgan fingerprint density at radius 1 is 1.05 bits per heavy atom. The second kappa shape index (κ2) is 5.94. The molecule has 2 N–H and O–H groups in total. The van der Waals surface area contributed by atoms with Crippen molar-refractivity contribution in [2.45, 2.75) is 19.5 Å². The number of pyridine rings is 1. The second-order valence-corrected chi connectivity index (χ2v) is 5.22. The SMILES string of the molecule is C[C@@H](NCc1cc2ccccc2[nH]c1=O)c1ccccc1. The van der Waals surface area contributed by atoms with Crippen LogP contribution in [0.5, 0.6) is 0 Å². The van der Waals surface area contributed by atoms with Crippen LogP contribution in [0.1, 0.15) is 24.1 Å². The lowest BCUT2D eigenvalue weighted by Crippen LogP contribution is -2.23. The average molecular weight is 278 g/mol. The predicted molar refractivity (Wildman–Crippen MR) is 86.3 cm³/mol. The van der Waals surface area contributed by atoms with Crippen LogP contribution >= 0.6 is 0 Å². The van der Waals surface area contributed by atoms with E-state index >= 15 is 0 Å². The molecule has 0 saturated carbocycles. The highest BCUT2D eigenvalue weighted by atomic mass is 16.1. The molecule has 0 unspecified atom stereocenters. The van der Waals surface area contributed by atoms with Gasteiger partial charge in [0, 0.05) is 23.7 Å². The molecule has 0 aliphatic rings. The van der Waals surface area contributed by atoms with Gasteiger partial charge < -0.3 is 10.3 Å². The maximum Gasteiger partial charge on any atom is 0.252 e. The summed E-state index contributed by atoms with van der Waals surface area (Å²) in [4.78, 5) is 15.0. The van der Waals surface area contributed by atoms with Gasteiger partial charge in [-0.15, -0.1) is 0 Å². The Labute approximate surface area is 123 Å². The van der Waals surface area contributed by atoms with Crippen molar-refractivity contribution in [2.24, 2.45) is 0 Å². The summed E-state index contributed by atoms with van der Waals surface area (Å²) in [6.45, 7) is 2.65. The number of hydrogen-bond acceptors (Lipinski definition) is 2. The van der Waals surface area contributed by atoms with E-state index in [0.717, 1.165) is 16.5 Å². The Morgan fingerprint density at radius 3 is 2.57 bits per heavy atom. The molecule has 0 fully saturated rings. The molecule has 0 radical (unpaired) electrons. The number of aromatic amines is 1. The molecule has 0 aliphatic carbocycles. The number of hydrogen-bond donors (Lipinski definition) is 2. The fraction of sp³-hybridized carbons (Fsp3) is 0.167. The van der Waals surface area contributed by atoms with Gasteiger partial charge in [-0.3, -0.25) is 4.79 Å². The van der Waals surface area contributed by atoms with Crippen LogP contribution < -0.4 is 10.9 Å². The van der Waals surface area contributed by atoms with Gasteiger partial charge in [-0.2, -0.15) is 0 Å². The molecule has 0 spiro atoms. The van der Waals surface area contributed by atoms with Crippen LogP contribution in [0.15, 0.2) is 65.5 Å². The molecule has 3 nitrogen and oxygen atoms in total. The summed E-state index contributed by atoms with van der Waals surface area (Å²) < 4.78 is 0. The minimum absolute atomic E-state index is 0.0264. The molecule has 21 heavy (non-hydrogen) atoms. The van der Waals surface area contributed by atoms with Crippen LogP contribution in [0.25, 0.3) is 10.9 Å². The van der Waals surface area contributed by atoms with Gasteiger partial charge in [-0.25, -0.2) is 0 Å². The van der Waals surface area contributed by atoms with Gasteiger partial charge in [0.05, 0.1) is 0 Å². The number of nitrogens with one attached hydrogen (secondary N) is 2. The van der Waals surface area contributed by atoms with Crippen LogP contribution in [0.2, 0.25) is 0 Å². The molecule has 3 aromatic rings. The molecule has 0 saturated heterocycles. The lowest BCUT2D eigenvalue weighted by molar-refractivity contribution is 0.572. The van der Waals surface area contributed by atoms with E-state index in [1.807, 2.05) is 48.5 Å². The molecule has 106 valence electrons. The Morgan fingerprint density at radius 2 is 1.76 bits per heavy atom. The Bertz CT molecular complexity index is 793. The molecular weight excluding hydrogens is 260 g/mol. The fourth-order valence-corrected chi connectivity index (χ4v) is 2.45. The van der Waals surface area contributed by atoms with Crippen molar-refractivity contribution in [1.29, 1.82) is 0 Å². The maximum absolute atomic E-state index is 12.1. The zero-order chi connectivity index (χ0) is 14.7. The minimum Gasteiger partial charge on any atom is -0.322 e. The number of benzene rings is 2. The van der Waals surface area contributed by atoms with Gasteiger partial charge >= 0.3 is 0 Å². The quantitative estimate of drug-likeness (QED) is 0.768. The summed E-state index contributed by atoms with van der Waals surface area (Å²) >= 11 is 0. The first-order valence-corrected chi connectivity index (χ1v) is 7.13. The summed E-state index contributed by atoms with van der Waals surface area (Å²) in [5, 5.41) is 4.46. The lowest BCUT2D eigenvalue weighted by Gasteiger charge is -2.14. The number of aromatic nitrogens is 1. The molecular formula is C18H18N2O. The standard InChI is InChI=1S/C18H18N2O/c1-13(14-7-3-2-4-8-14)19-12-16-11-15-9-5-6-10-17(15)20-18(16)21/h2-11,13,19H,12H2,1H3,(H,20,21)/t13-/m1/s1. The summed E-state index contributed by atoms with van der Waals surface area (Å²) in [5.41, 5.74) is 2.83. The number of H-pyrrole nitrogens is 1. The monoisotopic (exact) mass is 278 g/mol. The largest absolute Gasteiger partial charge is 0.322 e. The van der Waals surface area contributed by atoms with Crippen LogP contribution in [-0.4, -0.2) is 4.98 Å². The highest BCUT2D eigenvalue weighted by Gasteiger charge is 2.07. The zero-order valence-electron chi connectivity index (χ0n) is 12.0. The van der Waals surface area contributed by atoms with Gasteiger partial charge in [0.25, 0.3) is 5.56 Å². The predicted octanol–water partition coefficient (Wildman–Crippen LogP) is 3.38. The molecule has 0 amide bonds. The van der Waals surface area contributed by atoms with E-state index in [9.17, 15) is 4.79 Å². The van der Waals surface area contributed by atoms with Crippen LogP contribution in [0, 0.1) is 0 Å². The molecule has 2 aromatic carbocycles. The maximum atomic E-state index is 12.1. The first kappa shape index (κ1) is 13.6. The van der Waals surface area contributed by atoms with Crippen molar-refractivity contribution >= 4 is 10.9 Å². The Kier molecular flexibility index (Phi) is 3.84. The number of fused-ring (bicyclic) bond motifs is 1. The zero-order valence-corrected chi connectivity index (χ0v) is 12.0. The van der Waals surface area contributed by atoms with Gasteiger partial charge in [0.2, 0.25) is 0 Å². The van der Waals surface area contributed by atoms with E-state index in [-0.39, 0.29) is 11.6 Å². The summed E-state index contributed by atoms with van der Waals surface area (Å²) in [6, 6.07) is 20.2. The smallest absolute Gasteiger partial charge is 0.252 e.